The van der Waals surface area contributed by atoms with Crippen molar-refractivity contribution in [2.75, 3.05) is 7.11 Å². The topological polar surface area (TPSA) is 63.3 Å². The summed E-state index contributed by atoms with van der Waals surface area (Å²) < 4.78 is 5.19. The third kappa shape index (κ3) is 3.14. The number of hydroxylamine groups is 1. The molecule has 1 aromatic heterocycles. The molecule has 0 spiro atoms. The lowest BCUT2D eigenvalue weighted by Crippen LogP contribution is -2.20. The Balaban J connectivity index is 2.06. The molecule has 5 nitrogen and oxygen atoms in total. The quantitative estimate of drug-likeness (QED) is 0.640. The Morgan fingerprint density at radius 3 is 3.05 bits per heavy atom. The predicted octanol–water partition coefficient (Wildman–Crippen LogP) is 2.30. The number of fused-ring (bicyclic) bond motifs is 1. The molecule has 0 saturated heterocycles. The first-order valence-corrected chi connectivity index (χ1v) is 5.93. The molecule has 0 aliphatic heterocycles. The SMILES string of the molecule is C/C=C/C(=O)NOCc1c[nH]c2ccc(OC)cc12. The fourth-order valence-electron chi connectivity index (χ4n) is 1.77. The molecule has 0 fully saturated rings. The van der Waals surface area contributed by atoms with Gasteiger partial charge in [0.15, 0.2) is 0 Å². The highest BCUT2D eigenvalue weighted by atomic mass is 16.6. The molecular weight excluding hydrogens is 244 g/mol. The van der Waals surface area contributed by atoms with Crippen LogP contribution in [0.25, 0.3) is 10.9 Å². The maximum absolute atomic E-state index is 11.2. The molecule has 0 aliphatic rings. The molecule has 0 bridgehead atoms. The van der Waals surface area contributed by atoms with Crippen LogP contribution in [0.1, 0.15) is 12.5 Å². The van der Waals surface area contributed by atoms with Gasteiger partial charge in [0.1, 0.15) is 12.4 Å². The average molecular weight is 260 g/mol. The second-order valence-electron chi connectivity index (χ2n) is 3.98. The van der Waals surface area contributed by atoms with Crippen LogP contribution in [0.5, 0.6) is 5.75 Å². The van der Waals surface area contributed by atoms with Gasteiger partial charge in [0.05, 0.1) is 7.11 Å². The van der Waals surface area contributed by atoms with Crippen LogP contribution in [-0.2, 0) is 16.2 Å². The number of ether oxygens (including phenoxy) is 1. The maximum atomic E-state index is 11.2. The highest BCUT2D eigenvalue weighted by Gasteiger charge is 2.05. The van der Waals surface area contributed by atoms with Gasteiger partial charge in [-0.1, -0.05) is 6.08 Å². The van der Waals surface area contributed by atoms with Crippen LogP contribution in [0, 0.1) is 0 Å². The molecule has 1 heterocycles. The Hall–Kier alpha value is -2.27. The monoisotopic (exact) mass is 260 g/mol. The summed E-state index contributed by atoms with van der Waals surface area (Å²) in [6.07, 6.45) is 4.90. The van der Waals surface area contributed by atoms with E-state index in [-0.39, 0.29) is 12.5 Å². The summed E-state index contributed by atoms with van der Waals surface area (Å²) in [5.74, 6) is 0.506. The summed E-state index contributed by atoms with van der Waals surface area (Å²) in [4.78, 5) is 19.5. The molecule has 0 atom stereocenters. The number of carbonyl (C=O) groups excluding carboxylic acids is 1. The van der Waals surface area contributed by atoms with E-state index in [4.69, 9.17) is 9.57 Å². The van der Waals surface area contributed by atoms with Gasteiger partial charge in [-0.2, -0.15) is 0 Å². The van der Waals surface area contributed by atoms with E-state index in [9.17, 15) is 4.79 Å². The number of aromatic nitrogens is 1. The average Bonchev–Trinajstić information content (AvgIpc) is 2.81. The second-order valence-corrected chi connectivity index (χ2v) is 3.98. The number of nitrogens with one attached hydrogen (secondary N) is 2. The Labute approximate surface area is 111 Å². The van der Waals surface area contributed by atoms with Crippen molar-refractivity contribution in [1.29, 1.82) is 0 Å². The van der Waals surface area contributed by atoms with Crippen molar-refractivity contribution < 1.29 is 14.4 Å². The first-order chi connectivity index (χ1) is 9.24. The Kier molecular flexibility index (Phi) is 4.20. The van der Waals surface area contributed by atoms with Crippen LogP contribution in [0.2, 0.25) is 0 Å². The van der Waals surface area contributed by atoms with Gasteiger partial charge in [0.2, 0.25) is 0 Å². The largest absolute Gasteiger partial charge is 0.497 e. The molecular formula is C14H16N2O3. The van der Waals surface area contributed by atoms with E-state index in [1.54, 1.807) is 20.1 Å². The van der Waals surface area contributed by atoms with Crippen molar-refractivity contribution in [3.63, 3.8) is 0 Å². The van der Waals surface area contributed by atoms with Crippen LogP contribution < -0.4 is 10.2 Å². The molecule has 19 heavy (non-hydrogen) atoms. The zero-order chi connectivity index (χ0) is 13.7. The fraction of sp³-hybridized carbons (Fsp3) is 0.214. The third-order valence-corrected chi connectivity index (χ3v) is 2.69. The lowest BCUT2D eigenvalue weighted by atomic mass is 10.2. The maximum Gasteiger partial charge on any atom is 0.267 e. The number of rotatable bonds is 5. The molecule has 0 saturated carbocycles. The zero-order valence-corrected chi connectivity index (χ0v) is 10.9. The van der Waals surface area contributed by atoms with Gasteiger partial charge in [-0.15, -0.1) is 0 Å². The number of benzene rings is 1. The van der Waals surface area contributed by atoms with E-state index in [1.165, 1.54) is 6.08 Å². The molecule has 2 N–H and O–H groups in total. The van der Waals surface area contributed by atoms with Gasteiger partial charge in [-0.25, -0.2) is 5.48 Å². The number of aromatic amines is 1. The number of hydrogen-bond acceptors (Lipinski definition) is 3. The van der Waals surface area contributed by atoms with Crippen molar-refractivity contribution in [3.8, 4) is 5.75 Å². The van der Waals surface area contributed by atoms with Crippen LogP contribution in [0.3, 0.4) is 0 Å². The summed E-state index contributed by atoms with van der Waals surface area (Å²) >= 11 is 0. The van der Waals surface area contributed by atoms with Crippen LogP contribution in [0.15, 0.2) is 36.5 Å². The second kappa shape index (κ2) is 6.06. The highest BCUT2D eigenvalue weighted by molar-refractivity contribution is 5.86. The van der Waals surface area contributed by atoms with E-state index in [1.807, 2.05) is 24.4 Å². The Morgan fingerprint density at radius 2 is 2.32 bits per heavy atom. The summed E-state index contributed by atoms with van der Waals surface area (Å²) in [6.45, 7) is 2.06. The normalized spacial score (nSPS) is 11.1. The molecule has 2 rings (SSSR count). The molecule has 5 heteroatoms. The van der Waals surface area contributed by atoms with Crippen molar-refractivity contribution in [2.24, 2.45) is 0 Å². The molecule has 100 valence electrons. The molecule has 2 aromatic rings. The van der Waals surface area contributed by atoms with Crippen molar-refractivity contribution in [1.82, 2.24) is 10.5 Å². The summed E-state index contributed by atoms with van der Waals surface area (Å²) in [5.41, 5.74) is 4.30. The minimum atomic E-state index is -0.278. The predicted molar refractivity (Wildman–Crippen MR) is 72.6 cm³/mol. The minimum absolute atomic E-state index is 0.278. The number of amides is 1. The van der Waals surface area contributed by atoms with Crippen molar-refractivity contribution in [2.45, 2.75) is 13.5 Å². The van der Waals surface area contributed by atoms with E-state index in [2.05, 4.69) is 10.5 Å². The van der Waals surface area contributed by atoms with E-state index < -0.39 is 0 Å². The molecule has 0 aliphatic carbocycles. The third-order valence-electron chi connectivity index (χ3n) is 2.69. The van der Waals surface area contributed by atoms with E-state index in [0.29, 0.717) is 0 Å². The number of hydrogen-bond donors (Lipinski definition) is 2. The Morgan fingerprint density at radius 1 is 1.47 bits per heavy atom. The van der Waals surface area contributed by atoms with E-state index in [0.717, 1.165) is 22.2 Å². The first-order valence-electron chi connectivity index (χ1n) is 5.93. The van der Waals surface area contributed by atoms with Gasteiger partial charge in [0, 0.05) is 28.7 Å². The zero-order valence-electron chi connectivity index (χ0n) is 10.9. The minimum Gasteiger partial charge on any atom is -0.497 e. The van der Waals surface area contributed by atoms with Crippen LogP contribution >= 0.6 is 0 Å². The van der Waals surface area contributed by atoms with E-state index >= 15 is 0 Å². The van der Waals surface area contributed by atoms with Crippen LogP contribution in [0.4, 0.5) is 0 Å². The summed E-state index contributed by atoms with van der Waals surface area (Å²) in [6, 6.07) is 5.76. The lowest BCUT2D eigenvalue weighted by molar-refractivity contribution is -0.129. The van der Waals surface area contributed by atoms with Crippen LogP contribution in [-0.4, -0.2) is 18.0 Å². The van der Waals surface area contributed by atoms with Gasteiger partial charge >= 0.3 is 0 Å². The number of allylic oxidation sites excluding steroid dienone is 1. The summed E-state index contributed by atoms with van der Waals surface area (Å²) in [5, 5.41) is 1.01. The van der Waals surface area contributed by atoms with Crippen molar-refractivity contribution in [3.05, 3.63) is 42.1 Å². The molecule has 0 unspecified atom stereocenters. The number of carbonyl (C=O) groups is 1. The molecule has 1 amide bonds. The highest BCUT2D eigenvalue weighted by Crippen LogP contribution is 2.23. The Bertz CT molecular complexity index is 602. The smallest absolute Gasteiger partial charge is 0.267 e. The lowest BCUT2D eigenvalue weighted by Gasteiger charge is -2.03. The van der Waals surface area contributed by atoms with Crippen molar-refractivity contribution >= 4 is 16.8 Å². The van der Waals surface area contributed by atoms with Gasteiger partial charge in [-0.3, -0.25) is 9.63 Å². The number of methoxy groups -OCH3 is 1. The fourth-order valence-corrected chi connectivity index (χ4v) is 1.77. The first kappa shape index (κ1) is 13.2. The molecule has 0 radical (unpaired) electrons. The van der Waals surface area contributed by atoms with Gasteiger partial charge in [0.25, 0.3) is 5.91 Å². The standard InChI is InChI=1S/C14H16N2O3/c1-3-4-14(17)16-19-9-10-8-15-13-6-5-11(18-2)7-12(10)13/h3-8,15H,9H2,1-2H3,(H,16,17)/b4-3+. The molecule has 1 aromatic carbocycles. The summed E-state index contributed by atoms with van der Waals surface area (Å²) in [7, 11) is 1.63. The van der Waals surface area contributed by atoms with Gasteiger partial charge in [-0.05, 0) is 25.1 Å². The van der Waals surface area contributed by atoms with Gasteiger partial charge < -0.3 is 9.72 Å². The number of H-pyrrole nitrogens is 1.